The summed E-state index contributed by atoms with van der Waals surface area (Å²) in [6.07, 6.45) is 0. The highest BCUT2D eigenvalue weighted by Crippen LogP contribution is 2.13. The van der Waals surface area contributed by atoms with Crippen molar-refractivity contribution in [3.63, 3.8) is 0 Å². The maximum atomic E-state index is 11.0. The van der Waals surface area contributed by atoms with Crippen LogP contribution in [0.2, 0.25) is 0 Å². The number of carbonyl (C=O) groups is 1. The van der Waals surface area contributed by atoms with Gasteiger partial charge in [-0.3, -0.25) is 14.7 Å². The fourth-order valence-electron chi connectivity index (χ4n) is 0.971. The minimum atomic E-state index is 0.0993. The van der Waals surface area contributed by atoms with Gasteiger partial charge in [-0.05, 0) is 5.75 Å². The highest BCUT2D eigenvalue weighted by atomic mass is 32.2. The second-order valence-electron chi connectivity index (χ2n) is 2.27. The average molecular weight is 172 g/mol. The molecule has 0 unspecified atom stereocenters. The number of aliphatic imine (C=N–C) groups is 1. The van der Waals surface area contributed by atoms with Gasteiger partial charge < -0.3 is 0 Å². The van der Waals surface area contributed by atoms with E-state index in [1.54, 1.807) is 23.6 Å². The molecule has 1 rings (SSSR count). The van der Waals surface area contributed by atoms with Crippen LogP contribution >= 0.6 is 11.8 Å². The molecule has 1 aliphatic heterocycles. The zero-order valence-corrected chi connectivity index (χ0v) is 7.65. The summed E-state index contributed by atoms with van der Waals surface area (Å²) >= 11 is 1.63. The van der Waals surface area contributed by atoms with Crippen molar-refractivity contribution in [2.45, 2.75) is 13.8 Å². The van der Waals surface area contributed by atoms with Crippen LogP contribution in [-0.4, -0.2) is 34.8 Å². The summed E-state index contributed by atoms with van der Waals surface area (Å²) in [5.74, 6) is 1.07. The van der Waals surface area contributed by atoms with Crippen molar-refractivity contribution >= 4 is 22.8 Å². The van der Waals surface area contributed by atoms with E-state index in [1.165, 1.54) is 0 Å². The van der Waals surface area contributed by atoms with Crippen molar-refractivity contribution in [3.05, 3.63) is 0 Å². The molecule has 0 spiro atoms. The van der Waals surface area contributed by atoms with Crippen LogP contribution < -0.4 is 0 Å². The van der Waals surface area contributed by atoms with Gasteiger partial charge in [-0.25, -0.2) is 0 Å². The van der Waals surface area contributed by atoms with Crippen LogP contribution in [0.1, 0.15) is 13.8 Å². The summed E-state index contributed by atoms with van der Waals surface area (Å²) < 4.78 is 0. The Balaban J connectivity index is 2.55. The van der Waals surface area contributed by atoms with Crippen LogP contribution in [0, 0.1) is 0 Å². The molecule has 0 N–H and O–H groups in total. The van der Waals surface area contributed by atoms with Gasteiger partial charge in [0, 0.05) is 13.5 Å². The first-order valence-corrected chi connectivity index (χ1v) is 4.69. The molecular formula is C7H12N2OS. The van der Waals surface area contributed by atoms with Crippen molar-refractivity contribution < 1.29 is 4.79 Å². The zero-order chi connectivity index (χ0) is 8.27. The van der Waals surface area contributed by atoms with E-state index in [0.29, 0.717) is 0 Å². The highest BCUT2D eigenvalue weighted by Gasteiger charge is 2.19. The molecule has 0 saturated heterocycles. The molecule has 0 saturated carbocycles. The van der Waals surface area contributed by atoms with Gasteiger partial charge in [0.15, 0.2) is 5.17 Å². The van der Waals surface area contributed by atoms with Crippen LogP contribution in [0.5, 0.6) is 0 Å². The second-order valence-corrected chi connectivity index (χ2v) is 3.50. The molecule has 0 aromatic heterocycles. The van der Waals surface area contributed by atoms with Crippen molar-refractivity contribution in [3.8, 4) is 0 Å². The molecule has 1 heterocycles. The SMILES string of the molecule is CCSC1=NCCN1C(C)=O. The van der Waals surface area contributed by atoms with Gasteiger partial charge in [0.05, 0.1) is 6.54 Å². The second kappa shape index (κ2) is 3.76. The predicted octanol–water partition coefficient (Wildman–Crippen LogP) is 0.958. The summed E-state index contributed by atoms with van der Waals surface area (Å²) in [7, 11) is 0. The van der Waals surface area contributed by atoms with E-state index >= 15 is 0 Å². The summed E-state index contributed by atoms with van der Waals surface area (Å²) in [4.78, 5) is 16.9. The van der Waals surface area contributed by atoms with Gasteiger partial charge in [0.25, 0.3) is 0 Å². The zero-order valence-electron chi connectivity index (χ0n) is 6.83. The first-order valence-electron chi connectivity index (χ1n) is 3.71. The molecule has 0 aromatic rings. The number of hydrogen-bond donors (Lipinski definition) is 0. The van der Waals surface area contributed by atoms with E-state index in [9.17, 15) is 4.79 Å². The monoisotopic (exact) mass is 172 g/mol. The van der Waals surface area contributed by atoms with Gasteiger partial charge in [-0.15, -0.1) is 0 Å². The lowest BCUT2D eigenvalue weighted by atomic mass is 10.5. The quantitative estimate of drug-likeness (QED) is 0.590. The molecule has 0 aliphatic carbocycles. The molecule has 0 aromatic carbocycles. The lowest BCUT2D eigenvalue weighted by Gasteiger charge is -2.13. The van der Waals surface area contributed by atoms with Gasteiger partial charge >= 0.3 is 0 Å². The third kappa shape index (κ3) is 1.96. The standard InChI is InChI=1S/C7H12N2OS/c1-3-11-7-8-4-5-9(7)6(2)10/h3-5H2,1-2H3. The number of amides is 1. The Hall–Kier alpha value is -0.510. The first-order chi connectivity index (χ1) is 5.25. The van der Waals surface area contributed by atoms with Gasteiger partial charge in [0.2, 0.25) is 5.91 Å². The third-order valence-corrected chi connectivity index (χ3v) is 2.35. The molecule has 0 bridgehead atoms. The molecule has 3 nitrogen and oxygen atoms in total. The summed E-state index contributed by atoms with van der Waals surface area (Å²) in [5.41, 5.74) is 0. The molecule has 4 heteroatoms. The lowest BCUT2D eigenvalue weighted by Crippen LogP contribution is -2.30. The number of nitrogens with zero attached hydrogens (tertiary/aromatic N) is 2. The van der Waals surface area contributed by atoms with E-state index < -0.39 is 0 Å². The third-order valence-electron chi connectivity index (χ3n) is 1.46. The number of carbonyl (C=O) groups excluding carboxylic acids is 1. The maximum absolute atomic E-state index is 11.0. The minimum Gasteiger partial charge on any atom is -0.290 e. The van der Waals surface area contributed by atoms with Crippen molar-refractivity contribution in [1.82, 2.24) is 4.90 Å². The van der Waals surface area contributed by atoms with Gasteiger partial charge in [0.1, 0.15) is 0 Å². The molecular weight excluding hydrogens is 160 g/mol. The molecule has 0 fully saturated rings. The molecule has 0 radical (unpaired) electrons. The fourth-order valence-corrected chi connectivity index (χ4v) is 1.79. The molecule has 1 aliphatic rings. The largest absolute Gasteiger partial charge is 0.290 e. The fraction of sp³-hybridized carbons (Fsp3) is 0.714. The molecule has 1 amide bonds. The van der Waals surface area contributed by atoms with Gasteiger partial charge in [-0.2, -0.15) is 0 Å². The Kier molecular flexibility index (Phi) is 2.93. The lowest BCUT2D eigenvalue weighted by molar-refractivity contribution is -0.124. The van der Waals surface area contributed by atoms with Crippen molar-refractivity contribution in [2.24, 2.45) is 4.99 Å². The number of hydrogen-bond acceptors (Lipinski definition) is 3. The van der Waals surface area contributed by atoms with E-state index in [2.05, 4.69) is 11.9 Å². The summed E-state index contributed by atoms with van der Waals surface area (Å²) in [6.45, 7) is 5.17. The van der Waals surface area contributed by atoms with Gasteiger partial charge in [-0.1, -0.05) is 18.7 Å². The minimum absolute atomic E-state index is 0.0993. The number of rotatable bonds is 1. The Morgan fingerprint density at radius 3 is 3.09 bits per heavy atom. The van der Waals surface area contributed by atoms with E-state index in [-0.39, 0.29) is 5.91 Å². The van der Waals surface area contributed by atoms with Crippen LogP contribution in [-0.2, 0) is 4.79 Å². The average Bonchev–Trinajstić information content (AvgIpc) is 2.36. The normalized spacial score (nSPS) is 16.9. The van der Waals surface area contributed by atoms with Crippen LogP contribution in [0.25, 0.3) is 0 Å². The van der Waals surface area contributed by atoms with E-state index in [1.807, 2.05) is 0 Å². The Bertz CT molecular complexity index is 191. The molecule has 62 valence electrons. The van der Waals surface area contributed by atoms with Crippen molar-refractivity contribution in [1.29, 1.82) is 0 Å². The highest BCUT2D eigenvalue weighted by molar-refractivity contribution is 8.13. The van der Waals surface area contributed by atoms with Crippen molar-refractivity contribution in [2.75, 3.05) is 18.8 Å². The molecule has 11 heavy (non-hydrogen) atoms. The van der Waals surface area contributed by atoms with E-state index in [4.69, 9.17) is 0 Å². The topological polar surface area (TPSA) is 32.7 Å². The Labute approximate surface area is 70.9 Å². The van der Waals surface area contributed by atoms with Crippen LogP contribution in [0.3, 0.4) is 0 Å². The predicted molar refractivity (Wildman–Crippen MR) is 47.8 cm³/mol. The Morgan fingerprint density at radius 2 is 2.55 bits per heavy atom. The summed E-state index contributed by atoms with van der Waals surface area (Å²) in [6, 6.07) is 0. The number of thioether (sulfide) groups is 1. The first kappa shape index (κ1) is 8.59. The summed E-state index contributed by atoms with van der Waals surface area (Å²) in [5, 5.41) is 0.889. The van der Waals surface area contributed by atoms with E-state index in [0.717, 1.165) is 24.0 Å². The molecule has 0 atom stereocenters. The van der Waals surface area contributed by atoms with Crippen LogP contribution in [0.4, 0.5) is 0 Å². The number of amidine groups is 1. The maximum Gasteiger partial charge on any atom is 0.225 e. The Morgan fingerprint density at radius 1 is 1.82 bits per heavy atom. The van der Waals surface area contributed by atoms with Crippen LogP contribution in [0.15, 0.2) is 4.99 Å². The smallest absolute Gasteiger partial charge is 0.225 e.